The second-order valence-corrected chi connectivity index (χ2v) is 6.23. The maximum Gasteiger partial charge on any atom is 0.410 e. The number of carbonyl (C=O) groups excluding carboxylic acids is 1. The highest BCUT2D eigenvalue weighted by molar-refractivity contribution is 5.69. The fourth-order valence-corrected chi connectivity index (χ4v) is 2.52. The third-order valence-corrected chi connectivity index (χ3v) is 3.45. The molecule has 0 radical (unpaired) electrons. The fourth-order valence-electron chi connectivity index (χ4n) is 2.52. The van der Waals surface area contributed by atoms with Gasteiger partial charge in [0.25, 0.3) is 0 Å². The molecule has 1 atom stereocenters. The summed E-state index contributed by atoms with van der Waals surface area (Å²) in [4.78, 5) is 14.3. The largest absolute Gasteiger partial charge is 0.444 e. The Bertz CT molecular complexity index is 520. The third-order valence-electron chi connectivity index (χ3n) is 3.45. The summed E-state index contributed by atoms with van der Waals surface area (Å²) in [6, 6.07) is 8.01. The monoisotopic (exact) mass is 288 g/mol. The minimum Gasteiger partial charge on any atom is -0.444 e. The van der Waals surface area contributed by atoms with Crippen molar-refractivity contribution in [1.29, 1.82) is 0 Å². The molecular weight excluding hydrogens is 264 g/mol. The average molecular weight is 288 g/mol. The summed E-state index contributed by atoms with van der Waals surface area (Å²) in [7, 11) is 0. The first-order valence-corrected chi connectivity index (χ1v) is 7.34. The van der Waals surface area contributed by atoms with E-state index < -0.39 is 5.60 Å². The minimum atomic E-state index is -0.482. The van der Waals surface area contributed by atoms with E-state index in [1.54, 1.807) is 0 Å². The van der Waals surface area contributed by atoms with Crippen molar-refractivity contribution in [2.45, 2.75) is 32.4 Å². The number of rotatable bonds is 2. The lowest BCUT2D eigenvalue weighted by Gasteiger charge is -2.38. The molecule has 0 spiro atoms. The van der Waals surface area contributed by atoms with Crippen LogP contribution in [-0.4, -0.2) is 36.2 Å². The summed E-state index contributed by atoms with van der Waals surface area (Å²) in [6.45, 7) is 11.7. The molecule has 4 heteroatoms. The molecule has 0 bridgehead atoms. The molecule has 1 heterocycles. The van der Waals surface area contributed by atoms with Gasteiger partial charge in [0.2, 0.25) is 0 Å². The number of benzene rings is 1. The standard InChI is InChI=1S/C17H24N2O2/c1-5-13-8-6-7-9-14(13)15-12-18-10-11-19(15)16(20)21-17(2,3)4/h5-9,15,18H,1,10-12H2,2-4H3/t15-/m1/s1. The highest BCUT2D eigenvalue weighted by atomic mass is 16.6. The van der Waals surface area contributed by atoms with E-state index in [0.29, 0.717) is 6.54 Å². The molecule has 1 N–H and O–H groups in total. The Morgan fingerprint density at radius 3 is 2.81 bits per heavy atom. The molecular formula is C17H24N2O2. The quantitative estimate of drug-likeness (QED) is 0.908. The average Bonchev–Trinajstić information content (AvgIpc) is 2.45. The van der Waals surface area contributed by atoms with Gasteiger partial charge in [0.15, 0.2) is 0 Å². The van der Waals surface area contributed by atoms with E-state index in [0.717, 1.165) is 24.2 Å². The molecule has 21 heavy (non-hydrogen) atoms. The highest BCUT2D eigenvalue weighted by Gasteiger charge is 2.32. The van der Waals surface area contributed by atoms with Gasteiger partial charge in [-0.25, -0.2) is 4.79 Å². The summed E-state index contributed by atoms with van der Waals surface area (Å²) in [5.41, 5.74) is 1.68. The van der Waals surface area contributed by atoms with E-state index in [4.69, 9.17) is 4.74 Å². The molecule has 0 saturated carbocycles. The van der Waals surface area contributed by atoms with Crippen LogP contribution in [0.4, 0.5) is 4.79 Å². The zero-order valence-electron chi connectivity index (χ0n) is 13.1. The molecule has 0 aromatic heterocycles. The number of hydrogen-bond acceptors (Lipinski definition) is 3. The Morgan fingerprint density at radius 1 is 1.43 bits per heavy atom. The van der Waals surface area contributed by atoms with Gasteiger partial charge in [-0.2, -0.15) is 0 Å². The SMILES string of the molecule is C=Cc1ccccc1[C@H]1CNCCN1C(=O)OC(C)(C)C. The van der Waals surface area contributed by atoms with Gasteiger partial charge in [-0.1, -0.05) is 36.9 Å². The van der Waals surface area contributed by atoms with Crippen LogP contribution in [0, 0.1) is 0 Å². The van der Waals surface area contributed by atoms with Crippen LogP contribution in [0.2, 0.25) is 0 Å². The van der Waals surface area contributed by atoms with Crippen molar-refractivity contribution in [3.8, 4) is 0 Å². The molecule has 4 nitrogen and oxygen atoms in total. The van der Waals surface area contributed by atoms with Crippen LogP contribution in [0.25, 0.3) is 6.08 Å². The number of carbonyl (C=O) groups is 1. The van der Waals surface area contributed by atoms with E-state index >= 15 is 0 Å². The molecule has 1 amide bonds. The van der Waals surface area contributed by atoms with Gasteiger partial charge in [-0.15, -0.1) is 0 Å². The molecule has 1 saturated heterocycles. The molecule has 1 fully saturated rings. The molecule has 2 rings (SSSR count). The molecule has 1 aromatic carbocycles. The van der Waals surface area contributed by atoms with Crippen LogP contribution >= 0.6 is 0 Å². The van der Waals surface area contributed by atoms with Crippen molar-refractivity contribution in [1.82, 2.24) is 10.2 Å². The van der Waals surface area contributed by atoms with Gasteiger partial charge >= 0.3 is 6.09 Å². The van der Waals surface area contributed by atoms with Crippen molar-refractivity contribution in [3.63, 3.8) is 0 Å². The van der Waals surface area contributed by atoms with Crippen molar-refractivity contribution >= 4 is 12.2 Å². The second-order valence-electron chi connectivity index (χ2n) is 6.23. The van der Waals surface area contributed by atoms with Gasteiger partial charge in [-0.3, -0.25) is 4.90 Å². The molecule has 0 aliphatic carbocycles. The number of amides is 1. The van der Waals surface area contributed by atoms with E-state index in [9.17, 15) is 4.79 Å². The summed E-state index contributed by atoms with van der Waals surface area (Å²) < 4.78 is 5.54. The smallest absolute Gasteiger partial charge is 0.410 e. The van der Waals surface area contributed by atoms with E-state index in [2.05, 4.69) is 11.9 Å². The predicted molar refractivity (Wildman–Crippen MR) is 85.1 cm³/mol. The van der Waals surface area contributed by atoms with Crippen LogP contribution in [0.1, 0.15) is 37.9 Å². The van der Waals surface area contributed by atoms with Crippen LogP contribution in [0.5, 0.6) is 0 Å². The Kier molecular flexibility index (Phi) is 4.68. The lowest BCUT2D eigenvalue weighted by atomic mass is 9.98. The lowest BCUT2D eigenvalue weighted by Crippen LogP contribution is -2.50. The van der Waals surface area contributed by atoms with E-state index in [1.165, 1.54) is 0 Å². The zero-order chi connectivity index (χ0) is 15.5. The number of hydrogen-bond donors (Lipinski definition) is 1. The molecule has 1 aliphatic rings. The summed E-state index contributed by atoms with van der Waals surface area (Å²) >= 11 is 0. The number of nitrogens with one attached hydrogen (secondary N) is 1. The lowest BCUT2D eigenvalue weighted by molar-refractivity contribution is 0.0118. The van der Waals surface area contributed by atoms with Crippen molar-refractivity contribution in [2.75, 3.05) is 19.6 Å². The molecule has 0 unspecified atom stereocenters. The van der Waals surface area contributed by atoms with E-state index in [1.807, 2.05) is 56.0 Å². The first-order chi connectivity index (χ1) is 9.92. The summed E-state index contributed by atoms with van der Waals surface area (Å²) in [5, 5.41) is 3.35. The number of ether oxygens (including phenoxy) is 1. The summed E-state index contributed by atoms with van der Waals surface area (Å²) in [5.74, 6) is 0. The van der Waals surface area contributed by atoms with Crippen molar-refractivity contribution in [3.05, 3.63) is 42.0 Å². The maximum absolute atomic E-state index is 12.4. The Hall–Kier alpha value is -1.81. The van der Waals surface area contributed by atoms with Gasteiger partial charge in [0.05, 0.1) is 6.04 Å². The Morgan fingerprint density at radius 2 is 2.14 bits per heavy atom. The van der Waals surface area contributed by atoms with Gasteiger partial charge in [-0.05, 0) is 31.9 Å². The summed E-state index contributed by atoms with van der Waals surface area (Å²) in [6.07, 6.45) is 1.57. The molecule has 1 aliphatic heterocycles. The number of piperazine rings is 1. The highest BCUT2D eigenvalue weighted by Crippen LogP contribution is 2.27. The van der Waals surface area contributed by atoms with Crippen LogP contribution < -0.4 is 5.32 Å². The first kappa shape index (κ1) is 15.6. The molecule has 1 aromatic rings. The maximum atomic E-state index is 12.4. The van der Waals surface area contributed by atoms with Gasteiger partial charge in [0.1, 0.15) is 5.60 Å². The fraction of sp³-hybridized carbons (Fsp3) is 0.471. The van der Waals surface area contributed by atoms with Gasteiger partial charge in [0, 0.05) is 19.6 Å². The minimum absolute atomic E-state index is 0.0252. The van der Waals surface area contributed by atoms with Crippen LogP contribution in [0.15, 0.2) is 30.8 Å². The topological polar surface area (TPSA) is 41.6 Å². The molecule has 114 valence electrons. The first-order valence-electron chi connectivity index (χ1n) is 7.34. The van der Waals surface area contributed by atoms with E-state index in [-0.39, 0.29) is 12.1 Å². The van der Waals surface area contributed by atoms with Crippen molar-refractivity contribution < 1.29 is 9.53 Å². The Balaban J connectivity index is 2.27. The Labute approximate surface area is 126 Å². The number of nitrogens with zero attached hydrogens (tertiary/aromatic N) is 1. The second kappa shape index (κ2) is 6.31. The third kappa shape index (κ3) is 3.85. The zero-order valence-corrected chi connectivity index (χ0v) is 13.1. The van der Waals surface area contributed by atoms with Crippen LogP contribution in [-0.2, 0) is 4.74 Å². The predicted octanol–water partition coefficient (Wildman–Crippen LogP) is 3.21. The van der Waals surface area contributed by atoms with Gasteiger partial charge < -0.3 is 10.1 Å². The normalized spacial score (nSPS) is 19.2. The van der Waals surface area contributed by atoms with Crippen molar-refractivity contribution in [2.24, 2.45) is 0 Å². The van der Waals surface area contributed by atoms with Crippen LogP contribution in [0.3, 0.4) is 0 Å².